The van der Waals surface area contributed by atoms with Crippen molar-refractivity contribution in [2.45, 2.75) is 27.1 Å². The molecule has 3 rings (SSSR count). The molecule has 0 saturated heterocycles. The maximum Gasteiger partial charge on any atom is 0.352 e. The van der Waals surface area contributed by atoms with Gasteiger partial charge in [0.2, 0.25) is 5.82 Å². The molecule has 0 spiro atoms. The summed E-state index contributed by atoms with van der Waals surface area (Å²) in [4.78, 5) is 17.0. The molecule has 3 aromatic rings. The lowest BCUT2D eigenvalue weighted by Crippen LogP contribution is -2.49. The predicted octanol–water partition coefficient (Wildman–Crippen LogP) is 4.82. The number of aryl methyl sites for hydroxylation is 1. The van der Waals surface area contributed by atoms with Gasteiger partial charge in [0.05, 0.1) is 17.0 Å². The first kappa shape index (κ1) is 28.3. The highest BCUT2D eigenvalue weighted by Gasteiger charge is 2.26. The molecular formula is C25H24F5N5O3. The lowest BCUT2D eigenvalue weighted by atomic mass is 10.1. The Kier molecular flexibility index (Phi) is 8.86. The molecule has 0 aliphatic carbocycles. The Bertz CT molecular complexity index is 1350. The van der Waals surface area contributed by atoms with Crippen LogP contribution in [0.3, 0.4) is 0 Å². The van der Waals surface area contributed by atoms with Crippen molar-refractivity contribution >= 4 is 17.4 Å². The topological polar surface area (TPSA) is 106 Å². The summed E-state index contributed by atoms with van der Waals surface area (Å²) in [5.41, 5.74) is 1.41. The molecule has 38 heavy (non-hydrogen) atoms. The Morgan fingerprint density at radius 2 is 1.53 bits per heavy atom. The molecule has 0 fully saturated rings. The minimum atomic E-state index is -2.25. The van der Waals surface area contributed by atoms with Crippen molar-refractivity contribution in [3.8, 4) is 5.75 Å². The van der Waals surface area contributed by atoms with E-state index in [0.717, 1.165) is 10.0 Å². The number of oxime groups is 1. The Labute approximate surface area is 214 Å². The molecule has 0 aromatic heterocycles. The van der Waals surface area contributed by atoms with Crippen LogP contribution < -0.4 is 21.4 Å². The van der Waals surface area contributed by atoms with Gasteiger partial charge in [0.15, 0.2) is 23.3 Å². The Morgan fingerprint density at radius 3 is 2.13 bits per heavy atom. The molecule has 0 bridgehead atoms. The van der Waals surface area contributed by atoms with Crippen molar-refractivity contribution in [2.75, 3.05) is 12.1 Å². The maximum absolute atomic E-state index is 13.8. The number of urea groups is 1. The zero-order valence-electron chi connectivity index (χ0n) is 20.6. The quantitative estimate of drug-likeness (QED) is 0.0816. The van der Waals surface area contributed by atoms with Gasteiger partial charge in [-0.05, 0) is 49.2 Å². The number of carbonyl (C=O) groups is 1. The standard InChI is InChI=1S/C25H24F5N5O3/c1-13-10-15(14(2)33-38-12-17-20(26)22(28)24(30)23(29)21(17)27)8-9-19(13)37-11-16-6-4-5-7-18(16)35(32)25(36)34(3)31/h4-10H,11-12,31-32H2,1-3H3. The van der Waals surface area contributed by atoms with Gasteiger partial charge in [-0.2, -0.15) is 0 Å². The van der Waals surface area contributed by atoms with E-state index in [1.165, 1.54) is 14.0 Å². The summed E-state index contributed by atoms with van der Waals surface area (Å²) in [7, 11) is 1.36. The fourth-order valence-electron chi connectivity index (χ4n) is 3.36. The molecule has 0 aliphatic heterocycles. The summed E-state index contributed by atoms with van der Waals surface area (Å²) < 4.78 is 73.3. The molecule has 4 N–H and O–H groups in total. The van der Waals surface area contributed by atoms with Gasteiger partial charge in [-0.15, -0.1) is 0 Å². The first-order chi connectivity index (χ1) is 17.9. The third-order valence-corrected chi connectivity index (χ3v) is 5.45. The van der Waals surface area contributed by atoms with Crippen LogP contribution in [0.15, 0.2) is 47.6 Å². The Morgan fingerprint density at radius 1 is 0.921 bits per heavy atom. The number of hydrazine groups is 2. The third kappa shape index (κ3) is 6.01. The number of hydrogen-bond acceptors (Lipinski definition) is 6. The van der Waals surface area contributed by atoms with Crippen molar-refractivity contribution in [3.63, 3.8) is 0 Å². The molecule has 13 heteroatoms. The molecule has 0 heterocycles. The minimum Gasteiger partial charge on any atom is -0.489 e. The second-order valence-corrected chi connectivity index (χ2v) is 8.16. The van der Waals surface area contributed by atoms with Crippen LogP contribution in [0, 0.1) is 36.0 Å². The summed E-state index contributed by atoms with van der Waals surface area (Å²) in [6.45, 7) is 2.40. The normalized spacial score (nSPS) is 11.4. The molecule has 0 radical (unpaired) electrons. The van der Waals surface area contributed by atoms with Crippen molar-refractivity contribution in [1.29, 1.82) is 0 Å². The molecular weight excluding hydrogens is 513 g/mol. The lowest BCUT2D eigenvalue weighted by molar-refractivity contribution is 0.123. The molecule has 8 nitrogen and oxygen atoms in total. The molecule has 0 saturated carbocycles. The van der Waals surface area contributed by atoms with Crippen LogP contribution in [0.5, 0.6) is 5.75 Å². The zero-order chi connectivity index (χ0) is 28.1. The van der Waals surface area contributed by atoms with Crippen molar-refractivity contribution in [1.82, 2.24) is 5.01 Å². The highest BCUT2D eigenvalue weighted by molar-refractivity contribution is 5.98. The van der Waals surface area contributed by atoms with Gasteiger partial charge in [0, 0.05) is 12.6 Å². The molecule has 0 unspecified atom stereocenters. The summed E-state index contributed by atoms with van der Waals surface area (Å²) in [5.74, 6) is 1.54. The predicted molar refractivity (Wildman–Crippen MR) is 129 cm³/mol. The van der Waals surface area contributed by atoms with Gasteiger partial charge < -0.3 is 9.57 Å². The van der Waals surface area contributed by atoms with Crippen LogP contribution in [-0.4, -0.2) is 23.8 Å². The van der Waals surface area contributed by atoms with Gasteiger partial charge in [-0.1, -0.05) is 23.4 Å². The number of halogens is 5. The summed E-state index contributed by atoms with van der Waals surface area (Å²) in [5, 5.41) is 5.47. The average Bonchev–Trinajstić information content (AvgIpc) is 2.91. The number of rotatable bonds is 8. The van der Waals surface area contributed by atoms with Gasteiger partial charge in [0.1, 0.15) is 19.0 Å². The van der Waals surface area contributed by atoms with E-state index in [2.05, 4.69) is 5.16 Å². The van der Waals surface area contributed by atoms with Crippen LogP contribution in [0.4, 0.5) is 32.4 Å². The number of carbonyl (C=O) groups excluding carboxylic acids is 1. The fourth-order valence-corrected chi connectivity index (χ4v) is 3.36. The molecule has 202 valence electrons. The van der Waals surface area contributed by atoms with E-state index in [-0.39, 0.29) is 12.3 Å². The largest absolute Gasteiger partial charge is 0.489 e. The highest BCUT2D eigenvalue weighted by atomic mass is 19.2. The van der Waals surface area contributed by atoms with Gasteiger partial charge in [-0.3, -0.25) is 5.01 Å². The van der Waals surface area contributed by atoms with Gasteiger partial charge in [-0.25, -0.2) is 43.4 Å². The van der Waals surface area contributed by atoms with Crippen LogP contribution in [0.25, 0.3) is 0 Å². The Hall–Kier alpha value is -4.23. The second kappa shape index (κ2) is 11.9. The zero-order valence-corrected chi connectivity index (χ0v) is 20.6. The summed E-state index contributed by atoms with van der Waals surface area (Å²) in [6.07, 6.45) is 0. The first-order valence-corrected chi connectivity index (χ1v) is 11.0. The number of anilines is 1. The average molecular weight is 537 g/mol. The maximum atomic E-state index is 13.8. The SMILES string of the molecule is CC(=NOCc1c(F)c(F)c(F)c(F)c1F)c1ccc(OCc2ccccc2N(N)C(=O)N(C)N)c(C)c1. The van der Waals surface area contributed by atoms with Crippen molar-refractivity contribution in [2.24, 2.45) is 16.8 Å². The number of benzene rings is 3. The number of ether oxygens (including phenoxy) is 1. The monoisotopic (exact) mass is 537 g/mol. The van der Waals surface area contributed by atoms with Crippen LogP contribution >= 0.6 is 0 Å². The van der Waals surface area contributed by atoms with E-state index in [1.807, 2.05) is 0 Å². The first-order valence-electron chi connectivity index (χ1n) is 11.0. The number of nitrogens with zero attached hydrogens (tertiary/aromatic N) is 3. The van der Waals surface area contributed by atoms with Crippen LogP contribution in [0.2, 0.25) is 0 Å². The summed E-state index contributed by atoms with van der Waals surface area (Å²) in [6, 6.07) is 11.2. The summed E-state index contributed by atoms with van der Waals surface area (Å²) >= 11 is 0. The minimum absolute atomic E-state index is 0.0731. The van der Waals surface area contributed by atoms with E-state index in [9.17, 15) is 26.7 Å². The van der Waals surface area contributed by atoms with Crippen molar-refractivity contribution < 1.29 is 36.3 Å². The van der Waals surface area contributed by atoms with E-state index < -0.39 is 47.3 Å². The smallest absolute Gasteiger partial charge is 0.352 e. The van der Waals surface area contributed by atoms with E-state index in [1.54, 1.807) is 49.4 Å². The lowest BCUT2D eigenvalue weighted by Gasteiger charge is -2.23. The van der Waals surface area contributed by atoms with Gasteiger partial charge in [0.25, 0.3) is 0 Å². The number of para-hydroxylation sites is 1. The Balaban J connectivity index is 1.70. The fraction of sp³-hybridized carbons (Fsp3) is 0.200. The van der Waals surface area contributed by atoms with E-state index in [4.69, 9.17) is 21.3 Å². The number of amides is 2. The highest BCUT2D eigenvalue weighted by Crippen LogP contribution is 2.26. The van der Waals surface area contributed by atoms with Crippen molar-refractivity contribution in [3.05, 3.63) is 93.8 Å². The van der Waals surface area contributed by atoms with Crippen LogP contribution in [-0.2, 0) is 18.1 Å². The number of hydrogen-bond donors (Lipinski definition) is 2. The van der Waals surface area contributed by atoms with Gasteiger partial charge >= 0.3 is 6.03 Å². The molecule has 0 aliphatic rings. The molecule has 3 aromatic carbocycles. The number of nitrogens with two attached hydrogens (primary N) is 2. The van der Waals surface area contributed by atoms with E-state index in [0.29, 0.717) is 28.1 Å². The molecule has 2 amide bonds. The molecule has 0 atom stereocenters. The van der Waals surface area contributed by atoms with E-state index >= 15 is 0 Å². The second-order valence-electron chi connectivity index (χ2n) is 8.16. The third-order valence-electron chi connectivity index (χ3n) is 5.45. The van der Waals surface area contributed by atoms with Crippen LogP contribution in [0.1, 0.15) is 29.2 Å².